The van der Waals surface area contributed by atoms with Gasteiger partial charge in [0.25, 0.3) is 10.2 Å². The Morgan fingerprint density at radius 2 is 2.12 bits per heavy atom. The van der Waals surface area contributed by atoms with E-state index < -0.39 is 22.7 Å². The van der Waals surface area contributed by atoms with Gasteiger partial charge >= 0.3 is 5.97 Å². The summed E-state index contributed by atoms with van der Waals surface area (Å²) in [6, 6.07) is -0.322. The van der Waals surface area contributed by atoms with Crippen LogP contribution in [-0.2, 0) is 15.0 Å². The van der Waals surface area contributed by atoms with Gasteiger partial charge in [-0.3, -0.25) is 4.79 Å². The summed E-state index contributed by atoms with van der Waals surface area (Å²) in [5, 5.41) is 8.71. The molecule has 0 aliphatic heterocycles. The number of nitrogens with zero attached hydrogens (tertiary/aromatic N) is 1. The summed E-state index contributed by atoms with van der Waals surface area (Å²) in [5.74, 6) is -1.14. The third kappa shape index (κ3) is 3.73. The number of hydrogen-bond donors (Lipinski definition) is 2. The Morgan fingerprint density at radius 1 is 1.56 bits per heavy atom. The van der Waals surface area contributed by atoms with Crippen LogP contribution in [0.1, 0.15) is 33.1 Å². The van der Waals surface area contributed by atoms with Crippen molar-refractivity contribution in [3.63, 3.8) is 0 Å². The van der Waals surface area contributed by atoms with E-state index in [-0.39, 0.29) is 12.1 Å². The van der Waals surface area contributed by atoms with Crippen molar-refractivity contribution in [2.24, 2.45) is 0 Å². The van der Waals surface area contributed by atoms with Crippen LogP contribution >= 0.6 is 0 Å². The molecule has 0 aromatic carbocycles. The molecule has 1 unspecified atom stereocenters. The lowest BCUT2D eigenvalue weighted by Crippen LogP contribution is -2.48. The number of aliphatic carboxylic acids is 1. The maximum absolute atomic E-state index is 11.9. The van der Waals surface area contributed by atoms with E-state index in [2.05, 4.69) is 4.72 Å². The van der Waals surface area contributed by atoms with Crippen molar-refractivity contribution < 1.29 is 18.3 Å². The highest BCUT2D eigenvalue weighted by Gasteiger charge is 2.34. The second kappa shape index (κ2) is 5.11. The van der Waals surface area contributed by atoms with Crippen molar-refractivity contribution in [3.8, 4) is 0 Å². The fourth-order valence-electron chi connectivity index (χ4n) is 1.29. The van der Waals surface area contributed by atoms with E-state index in [0.717, 1.165) is 17.1 Å². The zero-order chi connectivity index (χ0) is 12.3. The molecule has 1 atom stereocenters. The minimum Gasteiger partial charge on any atom is -0.480 e. The first kappa shape index (κ1) is 13.4. The lowest BCUT2D eigenvalue weighted by Gasteiger charge is -2.26. The summed E-state index contributed by atoms with van der Waals surface area (Å²) in [6.45, 7) is 3.04. The fourth-order valence-corrected chi connectivity index (χ4v) is 2.99. The number of hydrogen-bond acceptors (Lipinski definition) is 3. The van der Waals surface area contributed by atoms with Crippen LogP contribution in [0.15, 0.2) is 0 Å². The Bertz CT molecular complexity index is 351. The van der Waals surface area contributed by atoms with E-state index in [1.807, 2.05) is 6.92 Å². The van der Waals surface area contributed by atoms with Crippen molar-refractivity contribution in [2.75, 3.05) is 6.54 Å². The SMILES string of the molecule is CCC(C)N(CC(=O)O)S(=O)(=O)NC1CC1. The Hall–Kier alpha value is -0.660. The summed E-state index contributed by atoms with van der Waals surface area (Å²) in [7, 11) is -3.66. The van der Waals surface area contributed by atoms with Crippen molar-refractivity contribution in [1.29, 1.82) is 0 Å². The van der Waals surface area contributed by atoms with Gasteiger partial charge in [-0.15, -0.1) is 0 Å². The van der Waals surface area contributed by atoms with Gasteiger partial charge in [-0.1, -0.05) is 6.92 Å². The first-order valence-electron chi connectivity index (χ1n) is 5.37. The highest BCUT2D eigenvalue weighted by atomic mass is 32.2. The van der Waals surface area contributed by atoms with Crippen LogP contribution in [0.25, 0.3) is 0 Å². The summed E-state index contributed by atoms with van der Waals surface area (Å²) in [6.07, 6.45) is 2.25. The van der Waals surface area contributed by atoms with Crippen molar-refractivity contribution in [1.82, 2.24) is 9.03 Å². The molecular formula is C9H18N2O4S. The molecule has 0 radical (unpaired) electrons. The largest absolute Gasteiger partial charge is 0.480 e. The summed E-state index contributed by atoms with van der Waals surface area (Å²) in [5.41, 5.74) is 0. The second-order valence-electron chi connectivity index (χ2n) is 4.09. The van der Waals surface area contributed by atoms with E-state index in [9.17, 15) is 13.2 Å². The van der Waals surface area contributed by atoms with Crippen LogP contribution in [0.2, 0.25) is 0 Å². The first-order valence-corrected chi connectivity index (χ1v) is 6.81. The van der Waals surface area contributed by atoms with E-state index >= 15 is 0 Å². The third-order valence-electron chi connectivity index (χ3n) is 2.58. The van der Waals surface area contributed by atoms with E-state index in [0.29, 0.717) is 6.42 Å². The molecule has 16 heavy (non-hydrogen) atoms. The van der Waals surface area contributed by atoms with Gasteiger partial charge in [-0.2, -0.15) is 17.4 Å². The van der Waals surface area contributed by atoms with Crippen LogP contribution in [0.4, 0.5) is 0 Å². The second-order valence-corrected chi connectivity index (χ2v) is 5.75. The lowest BCUT2D eigenvalue weighted by molar-refractivity contribution is -0.137. The van der Waals surface area contributed by atoms with Crippen LogP contribution in [0.5, 0.6) is 0 Å². The monoisotopic (exact) mass is 250 g/mol. The normalized spacial score (nSPS) is 18.7. The standard InChI is InChI=1S/C9H18N2O4S/c1-3-7(2)11(6-9(12)13)16(14,15)10-8-4-5-8/h7-8,10H,3-6H2,1-2H3,(H,12,13). The van der Waals surface area contributed by atoms with Crippen LogP contribution < -0.4 is 4.72 Å². The predicted molar refractivity (Wildman–Crippen MR) is 59.2 cm³/mol. The average Bonchev–Trinajstić information content (AvgIpc) is 2.95. The third-order valence-corrected chi connectivity index (χ3v) is 4.31. The molecule has 1 aliphatic carbocycles. The maximum Gasteiger partial charge on any atom is 0.318 e. The van der Waals surface area contributed by atoms with Gasteiger partial charge in [0.1, 0.15) is 6.54 Å². The van der Waals surface area contributed by atoms with E-state index in [4.69, 9.17) is 5.11 Å². The predicted octanol–water partition coefficient (Wildman–Crippen LogP) is 0.168. The summed E-state index contributed by atoms with van der Waals surface area (Å²) < 4.78 is 27.2. The molecule has 6 nitrogen and oxygen atoms in total. The smallest absolute Gasteiger partial charge is 0.318 e. The summed E-state index contributed by atoms with van der Waals surface area (Å²) >= 11 is 0. The lowest BCUT2D eigenvalue weighted by atomic mass is 10.2. The van der Waals surface area contributed by atoms with Crippen molar-refractivity contribution in [3.05, 3.63) is 0 Å². The Balaban J connectivity index is 2.76. The van der Waals surface area contributed by atoms with Gasteiger partial charge in [-0.05, 0) is 26.2 Å². The molecule has 1 saturated carbocycles. The molecular weight excluding hydrogens is 232 g/mol. The fraction of sp³-hybridized carbons (Fsp3) is 0.889. The van der Waals surface area contributed by atoms with Gasteiger partial charge in [0.15, 0.2) is 0 Å². The molecule has 0 saturated heterocycles. The minimum absolute atomic E-state index is 0.00893. The van der Waals surface area contributed by atoms with Gasteiger partial charge in [0.05, 0.1) is 0 Å². The maximum atomic E-state index is 11.9. The van der Waals surface area contributed by atoms with Gasteiger partial charge in [-0.25, -0.2) is 0 Å². The molecule has 0 heterocycles. The number of carboxylic acids is 1. The molecule has 0 aromatic rings. The molecule has 0 spiro atoms. The number of carbonyl (C=O) groups is 1. The average molecular weight is 250 g/mol. The number of rotatable bonds is 7. The molecule has 1 aliphatic rings. The zero-order valence-corrected chi connectivity index (χ0v) is 10.3. The topological polar surface area (TPSA) is 86.7 Å². The zero-order valence-electron chi connectivity index (χ0n) is 9.51. The molecule has 94 valence electrons. The molecule has 7 heteroatoms. The van der Waals surface area contributed by atoms with Crippen LogP contribution in [0, 0.1) is 0 Å². The van der Waals surface area contributed by atoms with E-state index in [1.54, 1.807) is 6.92 Å². The van der Waals surface area contributed by atoms with Crippen LogP contribution in [0.3, 0.4) is 0 Å². The minimum atomic E-state index is -3.66. The Kier molecular flexibility index (Phi) is 4.28. The van der Waals surface area contributed by atoms with Crippen LogP contribution in [-0.4, -0.2) is 42.4 Å². The first-order chi connectivity index (χ1) is 7.36. The Labute approximate surface area is 95.8 Å². The highest BCUT2D eigenvalue weighted by Crippen LogP contribution is 2.21. The van der Waals surface area contributed by atoms with E-state index in [1.165, 1.54) is 0 Å². The Morgan fingerprint density at radius 3 is 2.50 bits per heavy atom. The van der Waals surface area contributed by atoms with Gasteiger partial charge < -0.3 is 5.11 Å². The molecule has 0 amide bonds. The van der Waals surface area contributed by atoms with Crippen molar-refractivity contribution >= 4 is 16.2 Å². The number of carboxylic acid groups (broad SMARTS) is 1. The molecule has 0 bridgehead atoms. The van der Waals surface area contributed by atoms with Gasteiger partial charge in [0, 0.05) is 12.1 Å². The van der Waals surface area contributed by atoms with Crippen molar-refractivity contribution in [2.45, 2.75) is 45.2 Å². The quantitative estimate of drug-likeness (QED) is 0.674. The van der Waals surface area contributed by atoms with Gasteiger partial charge in [0.2, 0.25) is 0 Å². The summed E-state index contributed by atoms with van der Waals surface area (Å²) in [4.78, 5) is 10.6. The molecule has 1 rings (SSSR count). The highest BCUT2D eigenvalue weighted by molar-refractivity contribution is 7.87. The molecule has 1 fully saturated rings. The number of nitrogens with one attached hydrogen (secondary N) is 1. The molecule has 2 N–H and O–H groups in total. The molecule has 0 aromatic heterocycles.